The predicted octanol–water partition coefficient (Wildman–Crippen LogP) is 4.54. The summed E-state index contributed by atoms with van der Waals surface area (Å²) in [6.45, 7) is 0. The molecule has 118 valence electrons. The van der Waals surface area contributed by atoms with Gasteiger partial charge in [0.15, 0.2) is 0 Å². The molecule has 3 aliphatic heterocycles. The smallest absolute Gasteiger partial charge is 0.235 e. The van der Waals surface area contributed by atoms with E-state index < -0.39 is 0 Å². The van der Waals surface area contributed by atoms with E-state index in [0.29, 0.717) is 5.96 Å². The van der Waals surface area contributed by atoms with Crippen molar-refractivity contribution in [3.05, 3.63) is 114 Å². The summed E-state index contributed by atoms with van der Waals surface area (Å²) in [5, 5.41) is 0. The molecule has 0 bridgehead atoms. The number of benzene rings is 2. The molecule has 0 saturated heterocycles. The summed E-state index contributed by atoms with van der Waals surface area (Å²) < 4.78 is 0. The van der Waals surface area contributed by atoms with Crippen molar-refractivity contribution in [3.63, 3.8) is 0 Å². The van der Waals surface area contributed by atoms with Crippen molar-refractivity contribution in [2.75, 3.05) is 0 Å². The fourth-order valence-electron chi connectivity index (χ4n) is 3.20. The minimum absolute atomic E-state index is 0.716. The van der Waals surface area contributed by atoms with E-state index in [1.807, 2.05) is 36.4 Å². The second kappa shape index (κ2) is 5.56. The Morgan fingerprint density at radius 2 is 1.40 bits per heavy atom. The van der Waals surface area contributed by atoms with E-state index in [9.17, 15) is 0 Å². The molecule has 0 N–H and O–H groups in total. The average molecular weight is 321 g/mol. The molecule has 0 saturated carbocycles. The maximum atomic E-state index is 4.83. The number of rotatable bonds is 2. The van der Waals surface area contributed by atoms with Crippen LogP contribution in [0.1, 0.15) is 11.1 Å². The number of hydrogen-bond acceptors (Lipinski definition) is 3. The molecule has 3 heteroatoms. The first kappa shape index (κ1) is 13.9. The van der Waals surface area contributed by atoms with Gasteiger partial charge >= 0.3 is 0 Å². The lowest BCUT2D eigenvalue weighted by Gasteiger charge is -2.33. The standard InChI is InChI=1S/C22H15N3/c1-3-8-16(9-4-1)20-14-18-12-7-13-19-15-21(17-10-5-2-6-11-17)24-22(23-20)25(18)19/h1-15H. The summed E-state index contributed by atoms with van der Waals surface area (Å²) in [5.41, 5.74) is 6.24. The van der Waals surface area contributed by atoms with Gasteiger partial charge in [-0.3, -0.25) is 4.90 Å². The van der Waals surface area contributed by atoms with E-state index >= 15 is 0 Å². The monoisotopic (exact) mass is 321 g/mol. The van der Waals surface area contributed by atoms with Crippen LogP contribution in [0.2, 0.25) is 0 Å². The molecule has 3 nitrogen and oxygen atoms in total. The molecule has 3 aliphatic rings. The first-order valence-corrected chi connectivity index (χ1v) is 8.29. The van der Waals surface area contributed by atoms with Crippen LogP contribution in [-0.4, -0.2) is 16.6 Å². The third-order valence-corrected chi connectivity index (χ3v) is 4.40. The van der Waals surface area contributed by atoms with Gasteiger partial charge in [0.2, 0.25) is 5.96 Å². The first-order valence-electron chi connectivity index (χ1n) is 8.29. The molecule has 3 heterocycles. The average Bonchev–Trinajstić information content (AvgIpc) is 2.69. The Labute approximate surface area is 146 Å². The molecule has 0 atom stereocenters. The van der Waals surface area contributed by atoms with Gasteiger partial charge in [0.25, 0.3) is 0 Å². The highest BCUT2D eigenvalue weighted by atomic mass is 15.3. The zero-order valence-electron chi connectivity index (χ0n) is 13.5. The van der Waals surface area contributed by atoms with Gasteiger partial charge in [-0.05, 0) is 24.3 Å². The summed E-state index contributed by atoms with van der Waals surface area (Å²) >= 11 is 0. The highest BCUT2D eigenvalue weighted by molar-refractivity contribution is 6.17. The number of guanidine groups is 1. The maximum absolute atomic E-state index is 4.83. The first-order chi connectivity index (χ1) is 12.4. The maximum Gasteiger partial charge on any atom is 0.235 e. The number of aliphatic imine (C=N–C) groups is 2. The largest absolute Gasteiger partial charge is 0.279 e. The zero-order chi connectivity index (χ0) is 16.6. The normalized spacial score (nSPS) is 17.8. The fraction of sp³-hybridized carbons (Fsp3) is 0. The molecule has 2 aromatic rings. The van der Waals surface area contributed by atoms with Gasteiger partial charge in [0.1, 0.15) is 0 Å². The summed E-state index contributed by atoms with van der Waals surface area (Å²) in [6.07, 6.45) is 10.5. The van der Waals surface area contributed by atoms with E-state index in [-0.39, 0.29) is 0 Å². The van der Waals surface area contributed by atoms with Crippen LogP contribution >= 0.6 is 0 Å². The van der Waals surface area contributed by atoms with Gasteiger partial charge in [-0.15, -0.1) is 0 Å². The van der Waals surface area contributed by atoms with E-state index in [0.717, 1.165) is 33.9 Å². The van der Waals surface area contributed by atoms with Crippen LogP contribution in [0.5, 0.6) is 0 Å². The molecule has 0 fully saturated rings. The minimum Gasteiger partial charge on any atom is -0.279 e. The van der Waals surface area contributed by atoms with E-state index in [1.54, 1.807) is 0 Å². The van der Waals surface area contributed by atoms with Crippen molar-refractivity contribution in [3.8, 4) is 0 Å². The molecular weight excluding hydrogens is 306 g/mol. The van der Waals surface area contributed by atoms with Crippen molar-refractivity contribution < 1.29 is 0 Å². The van der Waals surface area contributed by atoms with Gasteiger partial charge < -0.3 is 0 Å². The molecule has 0 aromatic heterocycles. The van der Waals surface area contributed by atoms with Crippen LogP contribution in [0, 0.1) is 0 Å². The summed E-state index contributed by atoms with van der Waals surface area (Å²) in [5.74, 6) is 0.716. The van der Waals surface area contributed by atoms with E-state index in [1.165, 1.54) is 0 Å². The molecule has 0 amide bonds. The molecule has 0 aliphatic carbocycles. The second-order valence-electron chi connectivity index (χ2n) is 6.03. The van der Waals surface area contributed by atoms with Crippen LogP contribution in [0.4, 0.5) is 0 Å². The number of nitrogens with zero attached hydrogens (tertiary/aromatic N) is 3. The molecule has 0 spiro atoms. The van der Waals surface area contributed by atoms with Crippen LogP contribution < -0.4 is 0 Å². The van der Waals surface area contributed by atoms with Crippen LogP contribution in [0.15, 0.2) is 112 Å². The SMILES string of the molecule is C1=CC2=CC(c3ccccc3)=NC3=NC(c4ccccc4)=CC(=C1)N23. The Morgan fingerprint density at radius 1 is 0.680 bits per heavy atom. The summed E-state index contributed by atoms with van der Waals surface area (Å²) in [4.78, 5) is 11.8. The van der Waals surface area contributed by atoms with Crippen molar-refractivity contribution in [1.82, 2.24) is 4.90 Å². The van der Waals surface area contributed by atoms with E-state index in [4.69, 9.17) is 9.98 Å². The van der Waals surface area contributed by atoms with E-state index in [2.05, 4.69) is 59.5 Å². The Hall–Kier alpha value is -3.46. The van der Waals surface area contributed by atoms with Gasteiger partial charge in [-0.2, -0.15) is 0 Å². The van der Waals surface area contributed by atoms with Gasteiger partial charge in [0.05, 0.1) is 22.8 Å². The second-order valence-corrected chi connectivity index (χ2v) is 6.03. The van der Waals surface area contributed by atoms with Crippen molar-refractivity contribution in [1.29, 1.82) is 0 Å². The fourth-order valence-corrected chi connectivity index (χ4v) is 3.20. The third-order valence-electron chi connectivity index (χ3n) is 4.40. The minimum atomic E-state index is 0.716. The molecule has 0 unspecified atom stereocenters. The molecule has 2 aromatic carbocycles. The van der Waals surface area contributed by atoms with Gasteiger partial charge in [-0.25, -0.2) is 9.98 Å². The number of allylic oxidation sites excluding steroid dienone is 5. The Kier molecular flexibility index (Phi) is 3.10. The summed E-state index contributed by atoms with van der Waals surface area (Å²) in [7, 11) is 0. The molecule has 5 rings (SSSR count). The highest BCUT2D eigenvalue weighted by Crippen LogP contribution is 2.33. The van der Waals surface area contributed by atoms with Crippen LogP contribution in [0.3, 0.4) is 0 Å². The molecule has 0 radical (unpaired) electrons. The zero-order valence-corrected chi connectivity index (χ0v) is 13.5. The van der Waals surface area contributed by atoms with Crippen LogP contribution in [-0.2, 0) is 0 Å². The van der Waals surface area contributed by atoms with Crippen molar-refractivity contribution >= 4 is 17.4 Å². The lowest BCUT2D eigenvalue weighted by molar-refractivity contribution is 0.648. The Morgan fingerprint density at radius 3 is 2.16 bits per heavy atom. The quantitative estimate of drug-likeness (QED) is 0.798. The third kappa shape index (κ3) is 2.37. The van der Waals surface area contributed by atoms with Gasteiger partial charge in [0, 0.05) is 11.1 Å². The predicted molar refractivity (Wildman–Crippen MR) is 102 cm³/mol. The molecule has 25 heavy (non-hydrogen) atoms. The van der Waals surface area contributed by atoms with Crippen molar-refractivity contribution in [2.45, 2.75) is 0 Å². The van der Waals surface area contributed by atoms with Crippen LogP contribution in [0.25, 0.3) is 5.70 Å². The van der Waals surface area contributed by atoms with Crippen molar-refractivity contribution in [2.24, 2.45) is 9.98 Å². The lowest BCUT2D eigenvalue weighted by Crippen LogP contribution is -2.34. The Balaban J connectivity index is 1.66. The highest BCUT2D eigenvalue weighted by Gasteiger charge is 2.28. The Bertz CT molecular complexity index is 980. The lowest BCUT2D eigenvalue weighted by atomic mass is 10.0. The topological polar surface area (TPSA) is 28.0 Å². The summed E-state index contributed by atoms with van der Waals surface area (Å²) in [6, 6.07) is 20.5. The van der Waals surface area contributed by atoms with Gasteiger partial charge in [-0.1, -0.05) is 66.7 Å². The molecular formula is C22H15N3. The number of hydrogen-bond donors (Lipinski definition) is 0.